The van der Waals surface area contributed by atoms with E-state index in [1.165, 1.54) is 6.42 Å². The van der Waals surface area contributed by atoms with Crippen molar-refractivity contribution in [2.45, 2.75) is 59.5 Å². The highest BCUT2D eigenvalue weighted by atomic mass is 16.5. The second-order valence-corrected chi connectivity index (χ2v) is 5.84. The molecule has 2 unspecified atom stereocenters. The van der Waals surface area contributed by atoms with Gasteiger partial charge in [-0.05, 0) is 44.4 Å². The van der Waals surface area contributed by atoms with Crippen LogP contribution in [-0.2, 0) is 9.53 Å². The topological polar surface area (TPSA) is 26.3 Å². The van der Waals surface area contributed by atoms with Crippen molar-refractivity contribution in [1.82, 2.24) is 0 Å². The van der Waals surface area contributed by atoms with Crippen LogP contribution in [-0.4, -0.2) is 18.0 Å². The molecule has 0 aromatic rings. The first-order valence-corrected chi connectivity index (χ1v) is 5.96. The number of hydrogen-bond donors (Lipinski definition) is 0. The summed E-state index contributed by atoms with van der Waals surface area (Å²) in [5.74, 6) is 0.771. The van der Waals surface area contributed by atoms with Gasteiger partial charge in [0.05, 0.1) is 0 Å². The summed E-state index contributed by atoms with van der Waals surface area (Å²) in [6.07, 6.45) is 2.95. The molecule has 0 spiro atoms. The van der Waals surface area contributed by atoms with Crippen molar-refractivity contribution < 1.29 is 9.53 Å². The van der Waals surface area contributed by atoms with Gasteiger partial charge in [-0.3, -0.25) is 4.79 Å². The van der Waals surface area contributed by atoms with Crippen molar-refractivity contribution in [2.75, 3.05) is 6.61 Å². The predicted octanol–water partition coefficient (Wildman–Crippen LogP) is 3.20. The monoisotopic (exact) mass is 212 g/mol. The SMILES string of the molecule is CCOC1(C(C)=O)CC(C)CC(C)(C)C1. The number of carbonyl (C=O) groups is 1. The quantitative estimate of drug-likeness (QED) is 0.718. The van der Waals surface area contributed by atoms with Crippen LogP contribution in [0.1, 0.15) is 53.9 Å². The van der Waals surface area contributed by atoms with Gasteiger partial charge < -0.3 is 4.74 Å². The summed E-state index contributed by atoms with van der Waals surface area (Å²) in [5, 5.41) is 0. The van der Waals surface area contributed by atoms with Crippen molar-refractivity contribution in [2.24, 2.45) is 11.3 Å². The molecule has 0 heterocycles. The summed E-state index contributed by atoms with van der Waals surface area (Å²) < 4.78 is 5.79. The van der Waals surface area contributed by atoms with Crippen LogP contribution >= 0.6 is 0 Å². The van der Waals surface area contributed by atoms with Gasteiger partial charge in [-0.15, -0.1) is 0 Å². The van der Waals surface area contributed by atoms with E-state index in [0.717, 1.165) is 12.8 Å². The second-order valence-electron chi connectivity index (χ2n) is 5.84. The summed E-state index contributed by atoms with van der Waals surface area (Å²) in [4.78, 5) is 11.8. The third kappa shape index (κ3) is 2.81. The number of rotatable bonds is 3. The average molecular weight is 212 g/mol. The van der Waals surface area contributed by atoms with Crippen molar-refractivity contribution >= 4 is 5.78 Å². The first-order chi connectivity index (χ1) is 6.81. The Morgan fingerprint density at radius 3 is 2.40 bits per heavy atom. The van der Waals surface area contributed by atoms with E-state index in [1.807, 2.05) is 6.92 Å². The Kier molecular flexibility index (Phi) is 3.59. The maximum absolute atomic E-state index is 11.8. The fraction of sp³-hybridized carbons (Fsp3) is 0.923. The first kappa shape index (κ1) is 12.7. The predicted molar refractivity (Wildman–Crippen MR) is 61.8 cm³/mol. The van der Waals surface area contributed by atoms with Gasteiger partial charge in [-0.1, -0.05) is 20.8 Å². The van der Waals surface area contributed by atoms with Gasteiger partial charge in [0.25, 0.3) is 0 Å². The molecule has 0 aromatic heterocycles. The standard InChI is InChI=1S/C13H24O2/c1-6-15-13(11(3)14)8-10(2)7-12(4,5)9-13/h10H,6-9H2,1-5H3. The largest absolute Gasteiger partial charge is 0.367 e. The molecule has 88 valence electrons. The van der Waals surface area contributed by atoms with Crippen LogP contribution in [0.2, 0.25) is 0 Å². The van der Waals surface area contributed by atoms with Crippen LogP contribution in [0.5, 0.6) is 0 Å². The van der Waals surface area contributed by atoms with E-state index in [9.17, 15) is 4.79 Å². The van der Waals surface area contributed by atoms with Gasteiger partial charge >= 0.3 is 0 Å². The average Bonchev–Trinajstić information content (AvgIpc) is 1.99. The Bertz CT molecular complexity index is 245. The Balaban J connectivity index is 2.92. The molecular formula is C13H24O2. The Hall–Kier alpha value is -0.370. The van der Waals surface area contributed by atoms with E-state index in [4.69, 9.17) is 4.74 Å². The zero-order valence-electron chi connectivity index (χ0n) is 10.7. The van der Waals surface area contributed by atoms with E-state index in [0.29, 0.717) is 12.5 Å². The molecule has 1 fully saturated rings. The number of ketones is 1. The molecule has 0 bridgehead atoms. The Morgan fingerprint density at radius 1 is 1.40 bits per heavy atom. The van der Waals surface area contributed by atoms with Crippen molar-refractivity contribution in [1.29, 1.82) is 0 Å². The van der Waals surface area contributed by atoms with Crippen LogP contribution in [0.25, 0.3) is 0 Å². The molecule has 1 rings (SSSR count). The Morgan fingerprint density at radius 2 is 2.00 bits per heavy atom. The van der Waals surface area contributed by atoms with Crippen LogP contribution in [0.4, 0.5) is 0 Å². The van der Waals surface area contributed by atoms with Gasteiger partial charge in [-0.25, -0.2) is 0 Å². The highest BCUT2D eigenvalue weighted by Gasteiger charge is 2.46. The molecule has 15 heavy (non-hydrogen) atoms. The molecule has 2 heteroatoms. The van der Waals surface area contributed by atoms with Crippen LogP contribution < -0.4 is 0 Å². The van der Waals surface area contributed by atoms with E-state index >= 15 is 0 Å². The fourth-order valence-corrected chi connectivity index (χ4v) is 3.25. The minimum Gasteiger partial charge on any atom is -0.367 e. The zero-order chi connectivity index (χ0) is 11.7. The van der Waals surface area contributed by atoms with Crippen molar-refractivity contribution in [3.05, 3.63) is 0 Å². The van der Waals surface area contributed by atoms with Crippen LogP contribution in [0.15, 0.2) is 0 Å². The van der Waals surface area contributed by atoms with Gasteiger partial charge in [0.1, 0.15) is 5.60 Å². The number of Topliss-reactive ketones (excluding diaryl/α,β-unsaturated/α-hetero) is 1. The first-order valence-electron chi connectivity index (χ1n) is 5.96. The molecule has 0 aromatic carbocycles. The molecule has 0 N–H and O–H groups in total. The third-order valence-corrected chi connectivity index (χ3v) is 3.41. The minimum atomic E-state index is -0.504. The molecule has 1 aliphatic carbocycles. The van der Waals surface area contributed by atoms with E-state index < -0.39 is 5.60 Å². The lowest BCUT2D eigenvalue weighted by Crippen LogP contribution is -2.49. The van der Waals surface area contributed by atoms with Gasteiger partial charge in [-0.2, -0.15) is 0 Å². The Labute approximate surface area is 93.4 Å². The van der Waals surface area contributed by atoms with Crippen molar-refractivity contribution in [3.63, 3.8) is 0 Å². The van der Waals surface area contributed by atoms with Crippen molar-refractivity contribution in [3.8, 4) is 0 Å². The summed E-state index contributed by atoms with van der Waals surface area (Å²) in [7, 11) is 0. The summed E-state index contributed by atoms with van der Waals surface area (Å²) in [5.41, 5.74) is -0.283. The van der Waals surface area contributed by atoms with E-state index in [1.54, 1.807) is 6.92 Å². The highest BCUT2D eigenvalue weighted by molar-refractivity contribution is 5.85. The van der Waals surface area contributed by atoms with E-state index in [2.05, 4.69) is 20.8 Å². The number of hydrogen-bond acceptors (Lipinski definition) is 2. The molecule has 1 aliphatic rings. The van der Waals surface area contributed by atoms with Gasteiger partial charge in [0, 0.05) is 6.61 Å². The van der Waals surface area contributed by atoms with Crippen LogP contribution in [0.3, 0.4) is 0 Å². The molecule has 2 atom stereocenters. The van der Waals surface area contributed by atoms with Gasteiger partial charge in [0.2, 0.25) is 0 Å². The molecule has 0 aliphatic heterocycles. The maximum atomic E-state index is 11.8. The lowest BCUT2D eigenvalue weighted by molar-refractivity contribution is -0.156. The lowest BCUT2D eigenvalue weighted by atomic mass is 9.64. The molecule has 1 saturated carbocycles. The molecule has 0 amide bonds. The lowest BCUT2D eigenvalue weighted by Gasteiger charge is -2.45. The van der Waals surface area contributed by atoms with Crippen LogP contribution in [0, 0.1) is 11.3 Å². The summed E-state index contributed by atoms with van der Waals surface area (Å²) in [6.45, 7) is 11.0. The zero-order valence-corrected chi connectivity index (χ0v) is 10.7. The maximum Gasteiger partial charge on any atom is 0.161 e. The molecular weight excluding hydrogens is 188 g/mol. The molecule has 0 saturated heterocycles. The summed E-state index contributed by atoms with van der Waals surface area (Å²) >= 11 is 0. The number of carbonyl (C=O) groups excluding carboxylic acids is 1. The fourth-order valence-electron chi connectivity index (χ4n) is 3.25. The summed E-state index contributed by atoms with van der Waals surface area (Å²) in [6, 6.07) is 0. The third-order valence-electron chi connectivity index (χ3n) is 3.41. The van der Waals surface area contributed by atoms with E-state index in [-0.39, 0.29) is 11.2 Å². The second kappa shape index (κ2) is 4.25. The highest BCUT2D eigenvalue weighted by Crippen LogP contribution is 2.45. The normalized spacial score (nSPS) is 35.1. The van der Waals surface area contributed by atoms with Gasteiger partial charge in [0.15, 0.2) is 5.78 Å². The molecule has 2 nitrogen and oxygen atoms in total. The number of ether oxygens (including phenoxy) is 1. The minimum absolute atomic E-state index is 0.198. The molecule has 0 radical (unpaired) electrons. The smallest absolute Gasteiger partial charge is 0.161 e.